The maximum atomic E-state index is 12.6. The van der Waals surface area contributed by atoms with Gasteiger partial charge < -0.3 is 15.2 Å². The number of aryl methyl sites for hydroxylation is 1. The fourth-order valence-corrected chi connectivity index (χ4v) is 2.94. The number of fused-ring (bicyclic) bond motifs is 1. The molecule has 2 aromatic carbocycles. The van der Waals surface area contributed by atoms with Crippen molar-refractivity contribution in [2.24, 2.45) is 0 Å². The van der Waals surface area contributed by atoms with Gasteiger partial charge in [0, 0.05) is 23.2 Å². The van der Waals surface area contributed by atoms with E-state index in [9.17, 15) is 29.6 Å². The molecule has 1 amide bonds. The second-order valence-corrected chi connectivity index (χ2v) is 6.31. The van der Waals surface area contributed by atoms with Crippen molar-refractivity contribution in [2.75, 3.05) is 12.4 Å². The van der Waals surface area contributed by atoms with Crippen molar-refractivity contribution in [1.82, 2.24) is 9.78 Å². The molecule has 154 valence electrons. The Labute approximate surface area is 168 Å². The van der Waals surface area contributed by atoms with E-state index in [1.165, 1.54) is 31.4 Å². The number of nitro benzene ring substituents is 1. The Morgan fingerprint density at radius 3 is 2.53 bits per heavy atom. The van der Waals surface area contributed by atoms with Crippen LogP contribution in [0.3, 0.4) is 0 Å². The van der Waals surface area contributed by atoms with Gasteiger partial charge in [-0.3, -0.25) is 19.7 Å². The number of methoxy groups -OCH3 is 1. The normalized spacial score (nSPS) is 10.6. The van der Waals surface area contributed by atoms with Gasteiger partial charge in [-0.15, -0.1) is 0 Å². The number of nitrogens with one attached hydrogen (secondary N) is 1. The third-order valence-corrected chi connectivity index (χ3v) is 4.36. The van der Waals surface area contributed by atoms with Crippen LogP contribution in [0.25, 0.3) is 10.8 Å². The number of anilines is 1. The van der Waals surface area contributed by atoms with E-state index in [0.717, 1.165) is 4.68 Å². The van der Waals surface area contributed by atoms with Crippen LogP contribution in [-0.4, -0.2) is 38.8 Å². The maximum absolute atomic E-state index is 12.6. The smallest absolute Gasteiger partial charge is 0.357 e. The molecule has 0 saturated carbocycles. The van der Waals surface area contributed by atoms with Gasteiger partial charge in [-0.25, -0.2) is 9.48 Å². The minimum Gasteiger partial charge on any atom is -0.490 e. The Hall–Kier alpha value is -4.28. The SMILES string of the molecule is COc1cc(NC(=O)Cn2nc(C(=O)O)c3ccccc3c2=O)c(C)cc1[N+](=O)[O-]. The molecule has 11 nitrogen and oxygen atoms in total. The van der Waals surface area contributed by atoms with Crippen LogP contribution in [0.1, 0.15) is 16.1 Å². The van der Waals surface area contributed by atoms with E-state index < -0.39 is 28.9 Å². The first-order valence-electron chi connectivity index (χ1n) is 8.59. The predicted molar refractivity (Wildman–Crippen MR) is 106 cm³/mol. The number of benzene rings is 2. The molecule has 0 aliphatic heterocycles. The number of hydrogen-bond acceptors (Lipinski definition) is 7. The van der Waals surface area contributed by atoms with Crippen molar-refractivity contribution in [1.29, 1.82) is 0 Å². The molecule has 0 saturated heterocycles. The summed E-state index contributed by atoms with van der Waals surface area (Å²) < 4.78 is 5.75. The van der Waals surface area contributed by atoms with Crippen LogP contribution in [0.5, 0.6) is 5.75 Å². The highest BCUT2D eigenvalue weighted by molar-refractivity contribution is 6.01. The zero-order valence-electron chi connectivity index (χ0n) is 15.9. The molecular weight excluding hydrogens is 396 g/mol. The van der Waals surface area contributed by atoms with Gasteiger partial charge >= 0.3 is 11.7 Å². The van der Waals surface area contributed by atoms with E-state index in [4.69, 9.17) is 4.74 Å². The van der Waals surface area contributed by atoms with Gasteiger partial charge in [0.05, 0.1) is 17.4 Å². The summed E-state index contributed by atoms with van der Waals surface area (Å²) in [5.41, 5.74) is -0.586. The second kappa shape index (κ2) is 7.99. The minimum atomic E-state index is -1.34. The average molecular weight is 412 g/mol. The summed E-state index contributed by atoms with van der Waals surface area (Å²) >= 11 is 0. The Morgan fingerprint density at radius 2 is 1.93 bits per heavy atom. The predicted octanol–water partition coefficient (Wildman–Crippen LogP) is 1.96. The summed E-state index contributed by atoms with van der Waals surface area (Å²) in [7, 11) is 1.26. The van der Waals surface area contributed by atoms with Crippen LogP contribution in [0, 0.1) is 17.0 Å². The van der Waals surface area contributed by atoms with Gasteiger partial charge in [-0.1, -0.05) is 18.2 Å². The lowest BCUT2D eigenvalue weighted by Crippen LogP contribution is -2.31. The number of ether oxygens (including phenoxy) is 1. The zero-order valence-corrected chi connectivity index (χ0v) is 15.9. The molecule has 11 heteroatoms. The summed E-state index contributed by atoms with van der Waals surface area (Å²) in [5, 5.41) is 27.1. The molecule has 0 spiro atoms. The topological polar surface area (TPSA) is 154 Å². The Morgan fingerprint density at radius 1 is 1.27 bits per heavy atom. The maximum Gasteiger partial charge on any atom is 0.357 e. The molecule has 30 heavy (non-hydrogen) atoms. The first-order valence-corrected chi connectivity index (χ1v) is 8.59. The van der Waals surface area contributed by atoms with Crippen LogP contribution >= 0.6 is 0 Å². The lowest BCUT2D eigenvalue weighted by Gasteiger charge is -2.12. The summed E-state index contributed by atoms with van der Waals surface area (Å²) in [6, 6.07) is 8.61. The first-order chi connectivity index (χ1) is 14.2. The molecule has 0 aliphatic rings. The van der Waals surface area contributed by atoms with Crippen molar-refractivity contribution in [3.05, 3.63) is 68.1 Å². The quantitative estimate of drug-likeness (QED) is 0.460. The number of nitro groups is 1. The number of aromatic nitrogens is 2. The Bertz CT molecular complexity index is 1250. The van der Waals surface area contributed by atoms with Crippen LogP contribution in [0.15, 0.2) is 41.2 Å². The molecule has 0 fully saturated rings. The highest BCUT2D eigenvalue weighted by atomic mass is 16.6. The highest BCUT2D eigenvalue weighted by Crippen LogP contribution is 2.32. The third kappa shape index (κ3) is 3.81. The van der Waals surface area contributed by atoms with Crippen molar-refractivity contribution in [3.8, 4) is 5.75 Å². The molecular formula is C19H16N4O7. The summed E-state index contributed by atoms with van der Waals surface area (Å²) in [4.78, 5) is 47.1. The van der Waals surface area contributed by atoms with Gasteiger partial charge in [0.25, 0.3) is 5.56 Å². The number of carboxylic acids is 1. The van der Waals surface area contributed by atoms with Gasteiger partial charge in [-0.05, 0) is 18.6 Å². The van der Waals surface area contributed by atoms with Crippen LogP contribution in [0.2, 0.25) is 0 Å². The van der Waals surface area contributed by atoms with Crippen molar-refractivity contribution in [3.63, 3.8) is 0 Å². The Kier molecular flexibility index (Phi) is 5.45. The van der Waals surface area contributed by atoms with Gasteiger partial charge in [0.15, 0.2) is 11.4 Å². The number of rotatable bonds is 6. The monoisotopic (exact) mass is 412 g/mol. The molecule has 1 aromatic heterocycles. The number of carbonyl (C=O) groups is 2. The van der Waals surface area contributed by atoms with E-state index >= 15 is 0 Å². The molecule has 2 N–H and O–H groups in total. The standard InChI is InChI=1S/C19H16N4O7/c1-10-7-14(23(28)29)15(30-2)8-13(10)20-16(24)9-22-18(25)12-6-4-3-5-11(12)17(21-22)19(26)27/h3-8H,9H2,1-2H3,(H,20,24)(H,26,27). The average Bonchev–Trinajstić information content (AvgIpc) is 2.71. The van der Waals surface area contributed by atoms with E-state index in [-0.39, 0.29) is 33.6 Å². The Balaban J connectivity index is 1.95. The fourth-order valence-electron chi connectivity index (χ4n) is 2.94. The highest BCUT2D eigenvalue weighted by Gasteiger charge is 2.20. The largest absolute Gasteiger partial charge is 0.490 e. The van der Waals surface area contributed by atoms with Crippen molar-refractivity contribution in [2.45, 2.75) is 13.5 Å². The van der Waals surface area contributed by atoms with Gasteiger partial charge in [0.2, 0.25) is 5.91 Å². The molecule has 3 rings (SSSR count). The van der Waals surface area contributed by atoms with Crippen LogP contribution in [0.4, 0.5) is 11.4 Å². The molecule has 0 radical (unpaired) electrons. The molecule has 0 atom stereocenters. The zero-order chi connectivity index (χ0) is 22.0. The van der Waals surface area contributed by atoms with Crippen LogP contribution in [-0.2, 0) is 11.3 Å². The van der Waals surface area contributed by atoms with E-state index in [0.29, 0.717) is 5.56 Å². The second-order valence-electron chi connectivity index (χ2n) is 6.31. The lowest BCUT2D eigenvalue weighted by atomic mass is 10.1. The first kappa shape index (κ1) is 20.5. The molecule has 0 aliphatic carbocycles. The van der Waals surface area contributed by atoms with Gasteiger partial charge in [-0.2, -0.15) is 5.10 Å². The number of nitrogens with zero attached hydrogens (tertiary/aromatic N) is 3. The number of carbonyl (C=O) groups excluding carboxylic acids is 1. The summed E-state index contributed by atoms with van der Waals surface area (Å²) in [5.74, 6) is -2.05. The molecule has 1 heterocycles. The summed E-state index contributed by atoms with van der Waals surface area (Å²) in [6.07, 6.45) is 0. The minimum absolute atomic E-state index is 0.0462. The van der Waals surface area contributed by atoms with E-state index in [1.807, 2.05) is 0 Å². The van der Waals surface area contributed by atoms with E-state index in [1.54, 1.807) is 19.1 Å². The number of amides is 1. The molecule has 3 aromatic rings. The van der Waals surface area contributed by atoms with Crippen LogP contribution < -0.4 is 15.6 Å². The van der Waals surface area contributed by atoms with Gasteiger partial charge in [0.1, 0.15) is 6.54 Å². The lowest BCUT2D eigenvalue weighted by molar-refractivity contribution is -0.385. The number of aromatic carboxylic acids is 1. The molecule has 0 unspecified atom stereocenters. The third-order valence-electron chi connectivity index (χ3n) is 4.36. The van der Waals surface area contributed by atoms with E-state index in [2.05, 4.69) is 10.4 Å². The number of hydrogen-bond donors (Lipinski definition) is 2. The fraction of sp³-hybridized carbons (Fsp3) is 0.158. The molecule has 0 bridgehead atoms. The van der Waals surface area contributed by atoms with Crippen molar-refractivity contribution >= 4 is 34.0 Å². The summed E-state index contributed by atoms with van der Waals surface area (Å²) in [6.45, 7) is 1.01. The van der Waals surface area contributed by atoms with Crippen molar-refractivity contribution < 1.29 is 24.4 Å². The number of carboxylic acid groups (broad SMARTS) is 1.